The highest BCUT2D eigenvalue weighted by atomic mass is 32.1. The summed E-state index contributed by atoms with van der Waals surface area (Å²) in [6, 6.07) is 0.778. The zero-order valence-corrected chi connectivity index (χ0v) is 14.5. The number of aromatic nitrogens is 1. The fourth-order valence-corrected chi connectivity index (χ4v) is 4.28. The first-order chi connectivity index (χ1) is 10.1. The van der Waals surface area contributed by atoms with Crippen molar-refractivity contribution in [1.29, 1.82) is 0 Å². The number of anilines is 1. The van der Waals surface area contributed by atoms with E-state index in [2.05, 4.69) is 31.0 Å². The standard InChI is InChI=1S/C17H29N3S/c1-12(2)14-5-4-9-20(10-8-14)17-19-13(3)16(21-17)11-18-15-6-7-15/h12,14-15,18H,4-11H2,1-3H3. The van der Waals surface area contributed by atoms with Crippen LogP contribution in [0, 0.1) is 18.8 Å². The first-order valence-corrected chi connectivity index (χ1v) is 9.39. The first kappa shape index (κ1) is 15.3. The molecule has 0 radical (unpaired) electrons. The number of aryl methyl sites for hydroxylation is 1. The highest BCUT2D eigenvalue weighted by Gasteiger charge is 2.23. The van der Waals surface area contributed by atoms with E-state index in [1.165, 1.54) is 60.9 Å². The number of hydrogen-bond acceptors (Lipinski definition) is 4. The monoisotopic (exact) mass is 307 g/mol. The molecule has 4 heteroatoms. The molecule has 0 spiro atoms. The number of nitrogens with zero attached hydrogens (tertiary/aromatic N) is 2. The second-order valence-corrected chi connectivity index (χ2v) is 8.14. The van der Waals surface area contributed by atoms with Gasteiger partial charge < -0.3 is 10.2 Å². The van der Waals surface area contributed by atoms with Gasteiger partial charge in [-0.1, -0.05) is 13.8 Å². The van der Waals surface area contributed by atoms with E-state index in [-0.39, 0.29) is 0 Å². The molecule has 1 N–H and O–H groups in total. The van der Waals surface area contributed by atoms with E-state index in [0.717, 1.165) is 24.4 Å². The molecule has 1 aliphatic heterocycles. The van der Waals surface area contributed by atoms with Crippen molar-refractivity contribution in [3.63, 3.8) is 0 Å². The van der Waals surface area contributed by atoms with E-state index in [1.807, 2.05) is 11.3 Å². The van der Waals surface area contributed by atoms with Crippen molar-refractivity contribution in [3.05, 3.63) is 10.6 Å². The van der Waals surface area contributed by atoms with E-state index in [0.29, 0.717) is 0 Å². The Labute approximate surface area is 133 Å². The van der Waals surface area contributed by atoms with Crippen LogP contribution in [0.1, 0.15) is 56.5 Å². The molecule has 3 nitrogen and oxygen atoms in total. The third-order valence-corrected chi connectivity index (χ3v) is 6.21. The lowest BCUT2D eigenvalue weighted by atomic mass is 9.89. The van der Waals surface area contributed by atoms with E-state index in [9.17, 15) is 0 Å². The highest BCUT2D eigenvalue weighted by molar-refractivity contribution is 7.15. The quantitative estimate of drug-likeness (QED) is 0.892. The largest absolute Gasteiger partial charge is 0.348 e. The van der Waals surface area contributed by atoms with E-state index in [1.54, 1.807) is 0 Å². The molecule has 0 amide bonds. The summed E-state index contributed by atoms with van der Waals surface area (Å²) < 4.78 is 0. The summed E-state index contributed by atoms with van der Waals surface area (Å²) in [4.78, 5) is 8.81. The average molecular weight is 308 g/mol. The summed E-state index contributed by atoms with van der Waals surface area (Å²) in [6.07, 6.45) is 6.73. The molecule has 2 heterocycles. The Morgan fingerprint density at radius 2 is 2.05 bits per heavy atom. The van der Waals surface area contributed by atoms with Crippen molar-refractivity contribution in [2.45, 2.75) is 65.5 Å². The lowest BCUT2D eigenvalue weighted by Gasteiger charge is -2.20. The van der Waals surface area contributed by atoms with Crippen molar-refractivity contribution >= 4 is 16.5 Å². The maximum absolute atomic E-state index is 4.85. The molecule has 0 aromatic carbocycles. The molecule has 1 aliphatic carbocycles. The molecule has 118 valence electrons. The number of nitrogens with one attached hydrogen (secondary N) is 1. The van der Waals surface area contributed by atoms with Crippen molar-refractivity contribution < 1.29 is 0 Å². The van der Waals surface area contributed by atoms with Crippen LogP contribution in [-0.4, -0.2) is 24.1 Å². The Hall–Kier alpha value is -0.610. The predicted molar refractivity (Wildman–Crippen MR) is 91.1 cm³/mol. The molecule has 0 bridgehead atoms. The summed E-state index contributed by atoms with van der Waals surface area (Å²) in [7, 11) is 0. The summed E-state index contributed by atoms with van der Waals surface area (Å²) in [5.41, 5.74) is 1.23. The van der Waals surface area contributed by atoms with Gasteiger partial charge in [0.05, 0.1) is 5.69 Å². The van der Waals surface area contributed by atoms with Crippen LogP contribution in [-0.2, 0) is 6.54 Å². The number of hydrogen-bond donors (Lipinski definition) is 1. The molecule has 1 saturated heterocycles. The SMILES string of the molecule is Cc1nc(N2CCCC(C(C)C)CC2)sc1CNC1CC1. The minimum atomic E-state index is 0.778. The van der Waals surface area contributed by atoms with Crippen LogP contribution in [0.3, 0.4) is 0 Å². The molecule has 21 heavy (non-hydrogen) atoms. The lowest BCUT2D eigenvalue weighted by molar-refractivity contribution is 0.351. The van der Waals surface area contributed by atoms with Gasteiger partial charge in [0.2, 0.25) is 0 Å². The maximum Gasteiger partial charge on any atom is 0.185 e. The topological polar surface area (TPSA) is 28.2 Å². The molecule has 2 fully saturated rings. The fourth-order valence-electron chi connectivity index (χ4n) is 3.22. The van der Waals surface area contributed by atoms with Gasteiger partial charge in [0.15, 0.2) is 5.13 Å². The summed E-state index contributed by atoms with van der Waals surface area (Å²) in [6.45, 7) is 10.3. The van der Waals surface area contributed by atoms with Gasteiger partial charge in [0.25, 0.3) is 0 Å². The molecule has 2 aliphatic rings. The smallest absolute Gasteiger partial charge is 0.185 e. The van der Waals surface area contributed by atoms with Gasteiger partial charge >= 0.3 is 0 Å². The molecule has 1 unspecified atom stereocenters. The normalized spacial score (nSPS) is 23.6. The first-order valence-electron chi connectivity index (χ1n) is 8.58. The third kappa shape index (κ3) is 3.98. The Balaban J connectivity index is 1.61. The summed E-state index contributed by atoms with van der Waals surface area (Å²) in [5, 5.41) is 4.87. The van der Waals surface area contributed by atoms with Gasteiger partial charge in [0, 0.05) is 30.6 Å². The molecule has 1 aromatic heterocycles. The van der Waals surface area contributed by atoms with Gasteiger partial charge in [-0.15, -0.1) is 11.3 Å². The van der Waals surface area contributed by atoms with Gasteiger partial charge in [-0.05, 0) is 50.9 Å². The van der Waals surface area contributed by atoms with Crippen LogP contribution in [0.2, 0.25) is 0 Å². The number of thiazole rings is 1. The van der Waals surface area contributed by atoms with Crippen LogP contribution >= 0.6 is 11.3 Å². The van der Waals surface area contributed by atoms with E-state index >= 15 is 0 Å². The zero-order chi connectivity index (χ0) is 14.8. The van der Waals surface area contributed by atoms with Gasteiger partial charge in [0.1, 0.15) is 0 Å². The van der Waals surface area contributed by atoms with Gasteiger partial charge in [-0.2, -0.15) is 0 Å². The molecular formula is C17H29N3S. The lowest BCUT2D eigenvalue weighted by Crippen LogP contribution is -2.24. The van der Waals surface area contributed by atoms with Crippen LogP contribution in [0.5, 0.6) is 0 Å². The van der Waals surface area contributed by atoms with Gasteiger partial charge in [-0.25, -0.2) is 4.98 Å². The molecule has 3 rings (SSSR count). The molecular weight excluding hydrogens is 278 g/mol. The molecule has 1 saturated carbocycles. The van der Waals surface area contributed by atoms with Crippen LogP contribution in [0.15, 0.2) is 0 Å². The second kappa shape index (κ2) is 6.66. The van der Waals surface area contributed by atoms with Crippen molar-refractivity contribution in [3.8, 4) is 0 Å². The average Bonchev–Trinajstić information content (AvgIpc) is 3.23. The molecule has 1 atom stereocenters. The van der Waals surface area contributed by atoms with Crippen LogP contribution in [0.4, 0.5) is 5.13 Å². The van der Waals surface area contributed by atoms with E-state index < -0.39 is 0 Å². The minimum Gasteiger partial charge on any atom is -0.348 e. The van der Waals surface area contributed by atoms with Gasteiger partial charge in [-0.3, -0.25) is 0 Å². The van der Waals surface area contributed by atoms with Crippen molar-refractivity contribution in [2.75, 3.05) is 18.0 Å². The minimum absolute atomic E-state index is 0.778. The predicted octanol–water partition coefficient (Wildman–Crippen LogP) is 3.97. The second-order valence-electron chi connectivity index (χ2n) is 7.08. The number of rotatable bonds is 5. The fraction of sp³-hybridized carbons (Fsp3) is 0.824. The van der Waals surface area contributed by atoms with Crippen LogP contribution in [0.25, 0.3) is 0 Å². The Kier molecular flexibility index (Phi) is 4.85. The van der Waals surface area contributed by atoms with Crippen LogP contribution < -0.4 is 10.2 Å². The summed E-state index contributed by atoms with van der Waals surface area (Å²) >= 11 is 1.91. The third-order valence-electron chi connectivity index (χ3n) is 5.00. The zero-order valence-electron chi connectivity index (χ0n) is 13.7. The Morgan fingerprint density at radius 3 is 2.76 bits per heavy atom. The van der Waals surface area contributed by atoms with Crippen molar-refractivity contribution in [1.82, 2.24) is 10.3 Å². The van der Waals surface area contributed by atoms with Crippen molar-refractivity contribution in [2.24, 2.45) is 11.8 Å². The maximum atomic E-state index is 4.85. The Bertz CT molecular complexity index is 465. The molecule has 1 aromatic rings. The summed E-state index contributed by atoms with van der Waals surface area (Å²) in [5.74, 6) is 1.72. The van der Waals surface area contributed by atoms with E-state index in [4.69, 9.17) is 4.98 Å². The highest BCUT2D eigenvalue weighted by Crippen LogP contribution is 2.31. The Morgan fingerprint density at radius 1 is 1.24 bits per heavy atom.